The Bertz CT molecular complexity index is 1470. The van der Waals surface area contributed by atoms with Gasteiger partial charge in [0.1, 0.15) is 0 Å². The summed E-state index contributed by atoms with van der Waals surface area (Å²) in [5, 5.41) is 14.2. The molecule has 2 N–H and O–H groups in total. The number of aryl methyl sites for hydroxylation is 2. The van der Waals surface area contributed by atoms with E-state index in [0.717, 1.165) is 37.5 Å². The number of carboxylic acids is 2. The second-order valence-electron chi connectivity index (χ2n) is 9.04. The molecular formula is C26H25F6N5O4. The fourth-order valence-corrected chi connectivity index (χ4v) is 4.04. The summed E-state index contributed by atoms with van der Waals surface area (Å²) in [5.74, 6) is -4.49. The number of carbonyl (C=O) groups is 2. The highest BCUT2D eigenvalue weighted by molar-refractivity contribution is 5.73. The molecule has 3 aromatic heterocycles. The second-order valence-corrected chi connectivity index (χ2v) is 9.04. The largest absolute Gasteiger partial charge is 0.490 e. The van der Waals surface area contributed by atoms with E-state index in [-0.39, 0.29) is 0 Å². The number of hydrogen-bond acceptors (Lipinski definition) is 5. The van der Waals surface area contributed by atoms with Crippen molar-refractivity contribution in [2.75, 3.05) is 6.54 Å². The smallest absolute Gasteiger partial charge is 0.475 e. The zero-order valence-electron chi connectivity index (χ0n) is 21.7. The fraction of sp³-hybridized carbons (Fsp3) is 0.308. The number of rotatable bonds is 3. The highest BCUT2D eigenvalue weighted by Gasteiger charge is 2.38. The summed E-state index contributed by atoms with van der Waals surface area (Å²) in [7, 11) is 2.14. The number of benzene rings is 1. The van der Waals surface area contributed by atoms with E-state index >= 15 is 0 Å². The molecule has 0 amide bonds. The van der Waals surface area contributed by atoms with Crippen LogP contribution >= 0.6 is 0 Å². The Labute approximate surface area is 229 Å². The number of hydrogen-bond donors (Lipinski definition) is 2. The van der Waals surface area contributed by atoms with Gasteiger partial charge >= 0.3 is 24.3 Å². The summed E-state index contributed by atoms with van der Waals surface area (Å²) in [6.07, 6.45) is -3.14. The first kappa shape index (κ1) is 31.1. The number of halogens is 6. The lowest BCUT2D eigenvalue weighted by Gasteiger charge is -2.27. The van der Waals surface area contributed by atoms with Gasteiger partial charge in [0, 0.05) is 63.0 Å². The summed E-state index contributed by atoms with van der Waals surface area (Å²) in [4.78, 5) is 29.5. The van der Waals surface area contributed by atoms with Gasteiger partial charge in [0.05, 0.1) is 11.4 Å². The van der Waals surface area contributed by atoms with Crippen LogP contribution in [0.4, 0.5) is 26.3 Å². The van der Waals surface area contributed by atoms with Gasteiger partial charge in [-0.2, -0.15) is 26.3 Å². The van der Waals surface area contributed by atoms with E-state index in [0.29, 0.717) is 0 Å². The quantitative estimate of drug-likeness (QED) is 0.330. The highest BCUT2D eigenvalue weighted by atomic mass is 19.4. The maximum absolute atomic E-state index is 10.6. The van der Waals surface area contributed by atoms with E-state index in [9.17, 15) is 26.3 Å². The molecule has 0 aliphatic carbocycles. The molecule has 0 bridgehead atoms. The van der Waals surface area contributed by atoms with Crippen LogP contribution in [0.15, 0.2) is 55.0 Å². The first-order valence-corrected chi connectivity index (χ1v) is 11.9. The second kappa shape index (κ2) is 12.4. The molecule has 0 atom stereocenters. The minimum absolute atomic E-state index is 0.934. The number of nitrogens with zero attached hydrogens (tertiary/aromatic N) is 5. The maximum Gasteiger partial charge on any atom is 0.490 e. The van der Waals surface area contributed by atoms with Gasteiger partial charge in [0.25, 0.3) is 0 Å². The molecule has 4 heterocycles. The van der Waals surface area contributed by atoms with Crippen LogP contribution in [-0.2, 0) is 36.1 Å². The van der Waals surface area contributed by atoms with Gasteiger partial charge in [0.2, 0.25) is 5.78 Å². The van der Waals surface area contributed by atoms with E-state index in [1.54, 1.807) is 0 Å². The van der Waals surface area contributed by atoms with Gasteiger partial charge in [-0.05, 0) is 18.6 Å². The third-order valence-corrected chi connectivity index (χ3v) is 6.02. The van der Waals surface area contributed by atoms with Gasteiger partial charge in [-0.1, -0.05) is 35.9 Å². The van der Waals surface area contributed by atoms with Crippen molar-refractivity contribution in [1.82, 2.24) is 23.8 Å². The minimum Gasteiger partial charge on any atom is -0.475 e. The van der Waals surface area contributed by atoms with Crippen molar-refractivity contribution < 1.29 is 46.1 Å². The zero-order valence-corrected chi connectivity index (χ0v) is 21.7. The molecule has 0 saturated carbocycles. The lowest BCUT2D eigenvalue weighted by Crippen LogP contribution is -2.31. The van der Waals surface area contributed by atoms with Crippen LogP contribution in [0.3, 0.4) is 0 Å². The molecule has 41 heavy (non-hydrogen) atoms. The van der Waals surface area contributed by atoms with Crippen molar-refractivity contribution in [2.24, 2.45) is 7.05 Å². The summed E-state index contributed by atoms with van der Waals surface area (Å²) >= 11 is 0. The highest BCUT2D eigenvalue weighted by Crippen LogP contribution is 2.27. The number of aliphatic carboxylic acids is 2. The van der Waals surface area contributed by atoms with Crippen LogP contribution in [0.2, 0.25) is 0 Å². The van der Waals surface area contributed by atoms with Crippen molar-refractivity contribution in [3.8, 4) is 11.3 Å². The number of aromatic nitrogens is 4. The fourth-order valence-electron chi connectivity index (χ4n) is 4.04. The van der Waals surface area contributed by atoms with Gasteiger partial charge in [-0.25, -0.2) is 14.6 Å². The Morgan fingerprint density at radius 3 is 2.05 bits per heavy atom. The number of imidazole rings is 2. The third-order valence-electron chi connectivity index (χ3n) is 6.02. The van der Waals surface area contributed by atoms with Crippen molar-refractivity contribution in [3.05, 3.63) is 77.5 Å². The molecule has 9 nitrogen and oxygen atoms in total. The summed E-state index contributed by atoms with van der Waals surface area (Å²) in [6.45, 7) is 5.04. The normalized spacial score (nSPS) is 13.5. The van der Waals surface area contributed by atoms with Crippen LogP contribution < -0.4 is 0 Å². The molecule has 5 rings (SSSR count). The minimum atomic E-state index is -5.08. The molecule has 4 aromatic rings. The monoisotopic (exact) mass is 585 g/mol. The summed E-state index contributed by atoms with van der Waals surface area (Å²) in [6, 6.07) is 12.7. The Morgan fingerprint density at radius 1 is 0.951 bits per heavy atom. The maximum atomic E-state index is 10.6. The van der Waals surface area contributed by atoms with Crippen molar-refractivity contribution >= 4 is 17.7 Å². The first-order chi connectivity index (χ1) is 19.1. The number of pyridine rings is 1. The van der Waals surface area contributed by atoms with E-state index in [1.807, 2.05) is 18.5 Å². The average molecular weight is 586 g/mol. The molecule has 1 aliphatic heterocycles. The summed E-state index contributed by atoms with van der Waals surface area (Å²) in [5.41, 5.74) is 7.49. The van der Waals surface area contributed by atoms with Crippen molar-refractivity contribution in [2.45, 2.75) is 38.8 Å². The molecule has 0 fully saturated rings. The van der Waals surface area contributed by atoms with Crippen LogP contribution in [0.5, 0.6) is 0 Å². The standard InChI is InChI=1S/C22H23N5.2C2HF3O2/c1-16-5-7-18(8-6-16)19-14-27-21-15-26(13-17-4-3-10-23-12-17)11-9-20(21)25(2)22(27)24-19;2*3-2(4,5)1(6)7/h3-8,10,12,14H,9,11,13,15H2,1-2H3;2*(H,6,7). The molecule has 0 radical (unpaired) electrons. The third kappa shape index (κ3) is 8.06. The number of alkyl halides is 6. The van der Waals surface area contributed by atoms with E-state index in [4.69, 9.17) is 24.8 Å². The van der Waals surface area contributed by atoms with Crippen LogP contribution in [0, 0.1) is 6.92 Å². The Hall–Kier alpha value is -4.40. The molecule has 0 saturated heterocycles. The first-order valence-electron chi connectivity index (χ1n) is 11.9. The molecule has 0 spiro atoms. The SMILES string of the molecule is Cc1ccc(-c2cn3c4c(n(C)c3n2)CCN(Cc2cccnc2)C4)cc1.O=C(O)C(F)(F)F.O=C(O)C(F)(F)F. The number of carboxylic acid groups (broad SMARTS) is 2. The molecule has 1 aliphatic rings. The lowest BCUT2D eigenvalue weighted by molar-refractivity contribution is -0.193. The van der Waals surface area contributed by atoms with Crippen LogP contribution in [0.1, 0.15) is 22.5 Å². The van der Waals surface area contributed by atoms with Crippen LogP contribution in [-0.4, -0.2) is 64.9 Å². The molecule has 220 valence electrons. The van der Waals surface area contributed by atoms with Crippen molar-refractivity contribution in [3.63, 3.8) is 0 Å². The van der Waals surface area contributed by atoms with E-state index in [2.05, 4.69) is 69.4 Å². The van der Waals surface area contributed by atoms with E-state index < -0.39 is 24.3 Å². The number of fused-ring (bicyclic) bond motifs is 3. The van der Waals surface area contributed by atoms with Gasteiger partial charge < -0.3 is 14.8 Å². The Balaban J connectivity index is 0.000000276. The molecule has 15 heteroatoms. The van der Waals surface area contributed by atoms with Gasteiger partial charge in [-0.3, -0.25) is 14.3 Å². The Morgan fingerprint density at radius 2 is 1.54 bits per heavy atom. The molecule has 1 aromatic carbocycles. The lowest BCUT2D eigenvalue weighted by atomic mass is 10.1. The molecule has 0 unspecified atom stereocenters. The Kier molecular flexibility index (Phi) is 9.42. The predicted molar refractivity (Wildman–Crippen MR) is 134 cm³/mol. The molecular weight excluding hydrogens is 560 g/mol. The summed E-state index contributed by atoms with van der Waals surface area (Å²) < 4.78 is 68.0. The zero-order chi connectivity index (χ0) is 30.5. The average Bonchev–Trinajstić information content (AvgIpc) is 3.44. The van der Waals surface area contributed by atoms with Crippen LogP contribution in [0.25, 0.3) is 17.0 Å². The van der Waals surface area contributed by atoms with E-state index in [1.165, 1.54) is 28.1 Å². The van der Waals surface area contributed by atoms with Gasteiger partial charge in [-0.15, -0.1) is 0 Å². The van der Waals surface area contributed by atoms with Crippen molar-refractivity contribution in [1.29, 1.82) is 0 Å². The van der Waals surface area contributed by atoms with Gasteiger partial charge in [0.15, 0.2) is 0 Å². The predicted octanol–water partition coefficient (Wildman–Crippen LogP) is 4.87. The topological polar surface area (TPSA) is 113 Å².